The van der Waals surface area contributed by atoms with Crippen LogP contribution in [-0.4, -0.2) is 15.6 Å². The van der Waals surface area contributed by atoms with E-state index in [1.165, 1.54) is 12.4 Å². The molecule has 0 aromatic heterocycles. The summed E-state index contributed by atoms with van der Waals surface area (Å²) in [6.07, 6.45) is 0. The van der Waals surface area contributed by atoms with Gasteiger partial charge in [-0.2, -0.15) is 0 Å². The van der Waals surface area contributed by atoms with E-state index in [0.29, 0.717) is 0 Å². The second-order valence-electron chi connectivity index (χ2n) is 2.80. The normalized spacial score (nSPS) is 10.0. The van der Waals surface area contributed by atoms with E-state index < -0.39 is 5.23 Å². The molecule has 0 radical (unpaired) electrons. The highest BCUT2D eigenvalue weighted by Gasteiger charge is 2.10. The number of anilines is 3. The monoisotopic (exact) mass is 215 g/mol. The number of nitrogens with zero attached hydrogens (tertiary/aromatic N) is 2. The zero-order chi connectivity index (χ0) is 11.6. The van der Waals surface area contributed by atoms with E-state index in [4.69, 9.17) is 15.6 Å². The average molecular weight is 215 g/mol. The van der Waals surface area contributed by atoms with Gasteiger partial charge < -0.3 is 21.1 Å². The maximum absolute atomic E-state index is 10.6. The van der Waals surface area contributed by atoms with Gasteiger partial charge in [-0.1, -0.05) is 0 Å². The highest BCUT2D eigenvalue weighted by Crippen LogP contribution is 2.31. The molecule has 8 heteroatoms. The van der Waals surface area contributed by atoms with Crippen molar-refractivity contribution in [2.24, 2.45) is 0 Å². The van der Waals surface area contributed by atoms with Gasteiger partial charge in [0, 0.05) is 5.69 Å². The molecule has 15 heavy (non-hydrogen) atoms. The molecule has 0 atom stereocenters. The first kappa shape index (κ1) is 11.5. The van der Waals surface area contributed by atoms with Crippen molar-refractivity contribution in [3.8, 4) is 0 Å². The van der Waals surface area contributed by atoms with Gasteiger partial charge in [0.25, 0.3) is 0 Å². The zero-order valence-electron chi connectivity index (χ0n) is 7.71. The van der Waals surface area contributed by atoms with Crippen LogP contribution in [0.1, 0.15) is 5.56 Å². The third kappa shape index (κ3) is 2.26. The molecule has 0 spiro atoms. The van der Waals surface area contributed by atoms with E-state index >= 15 is 0 Å². The van der Waals surface area contributed by atoms with E-state index in [0.717, 1.165) is 12.1 Å². The molecule has 0 unspecified atom stereocenters. The number of benzene rings is 1. The summed E-state index contributed by atoms with van der Waals surface area (Å²) in [4.78, 5) is 0. The Morgan fingerprint density at radius 3 is 2.27 bits per heavy atom. The van der Waals surface area contributed by atoms with Crippen molar-refractivity contribution in [3.63, 3.8) is 0 Å². The molecule has 1 rings (SSSR count). The summed E-state index contributed by atoms with van der Waals surface area (Å²) in [5, 5.41) is 46.5. The fourth-order valence-corrected chi connectivity index (χ4v) is 1.11. The van der Waals surface area contributed by atoms with Gasteiger partial charge in [0.15, 0.2) is 0 Å². The lowest BCUT2D eigenvalue weighted by Crippen LogP contribution is -2.15. The van der Waals surface area contributed by atoms with Gasteiger partial charge in [-0.15, -0.1) is 5.23 Å². The minimum atomic E-state index is -0.493. The largest absolute Gasteiger partial charge is 0.761 e. The molecule has 84 valence electrons. The molecular weight excluding hydrogens is 206 g/mol. The Balaban J connectivity index is 3.32. The van der Waals surface area contributed by atoms with E-state index in [9.17, 15) is 10.4 Å². The Hall–Kier alpha value is -1.58. The fourth-order valence-electron chi connectivity index (χ4n) is 1.11. The van der Waals surface area contributed by atoms with Gasteiger partial charge in [0.05, 0.1) is 5.69 Å². The fraction of sp³-hybridized carbons (Fsp3) is 0.143. The molecule has 0 saturated carbocycles. The van der Waals surface area contributed by atoms with Crippen molar-refractivity contribution in [1.82, 2.24) is 0 Å². The lowest BCUT2D eigenvalue weighted by Gasteiger charge is -2.26. The van der Waals surface area contributed by atoms with E-state index in [1.54, 1.807) is 0 Å². The molecule has 4 N–H and O–H groups in total. The van der Waals surface area contributed by atoms with Crippen molar-refractivity contribution in [2.75, 3.05) is 15.9 Å². The van der Waals surface area contributed by atoms with Crippen LogP contribution in [0.2, 0.25) is 0 Å². The first-order valence-corrected chi connectivity index (χ1v) is 3.84. The van der Waals surface area contributed by atoms with E-state index in [2.05, 4.69) is 0 Å². The molecule has 0 amide bonds. The molecule has 1 aromatic carbocycles. The van der Waals surface area contributed by atoms with Crippen LogP contribution in [-0.2, 0) is 0 Å². The second-order valence-corrected chi connectivity index (χ2v) is 2.80. The summed E-state index contributed by atoms with van der Waals surface area (Å²) in [6.45, 7) is 1.44. The Labute approximate surface area is 84.6 Å². The maximum atomic E-state index is 10.6. The van der Waals surface area contributed by atoms with Crippen LogP contribution in [0.15, 0.2) is 12.1 Å². The number of nitrogens with one attached hydrogen (secondary N) is 1. The Morgan fingerprint density at radius 2 is 1.87 bits per heavy atom. The predicted octanol–water partition coefficient (Wildman–Crippen LogP) is 1.18. The van der Waals surface area contributed by atoms with E-state index in [1.807, 2.05) is 0 Å². The highest BCUT2D eigenvalue weighted by molar-refractivity contribution is 5.72. The smallest absolute Gasteiger partial charge is 0.101 e. The van der Waals surface area contributed by atoms with Gasteiger partial charge in [0.1, 0.15) is 5.69 Å². The molecule has 0 aliphatic carbocycles. The average Bonchev–Trinajstić information content (AvgIpc) is 2.17. The summed E-state index contributed by atoms with van der Waals surface area (Å²) >= 11 is 0. The Morgan fingerprint density at radius 1 is 1.27 bits per heavy atom. The quantitative estimate of drug-likeness (QED) is 0.554. The molecular formula is C7H9N3O5-2. The second kappa shape index (κ2) is 4.29. The van der Waals surface area contributed by atoms with Crippen LogP contribution in [0.3, 0.4) is 0 Å². The Bertz CT molecular complexity index is 355. The van der Waals surface area contributed by atoms with Crippen LogP contribution in [0.25, 0.3) is 0 Å². The number of hydrogen-bond acceptors (Lipinski definition) is 8. The molecule has 0 saturated heterocycles. The summed E-state index contributed by atoms with van der Waals surface area (Å²) < 4.78 is 0. The van der Waals surface area contributed by atoms with Crippen LogP contribution >= 0.6 is 0 Å². The molecule has 1 aromatic rings. The molecule has 0 aliphatic heterocycles. The summed E-state index contributed by atoms with van der Waals surface area (Å²) in [6, 6.07) is 2.07. The van der Waals surface area contributed by atoms with Gasteiger partial charge in [-0.3, -0.25) is 15.6 Å². The number of hydrogen-bond donors (Lipinski definition) is 4. The van der Waals surface area contributed by atoms with Crippen molar-refractivity contribution < 1.29 is 15.6 Å². The lowest BCUT2D eigenvalue weighted by molar-refractivity contribution is 0.0289. The van der Waals surface area contributed by atoms with Crippen molar-refractivity contribution in [2.45, 2.75) is 6.92 Å². The molecule has 8 nitrogen and oxygen atoms in total. The predicted molar refractivity (Wildman–Crippen MR) is 51.9 cm³/mol. The number of rotatable bonds is 3. The van der Waals surface area contributed by atoms with E-state index in [-0.39, 0.29) is 27.9 Å². The first-order valence-electron chi connectivity index (χ1n) is 3.84. The summed E-state index contributed by atoms with van der Waals surface area (Å²) in [5.41, 5.74) is 1.19. The minimum absolute atomic E-state index is 0.0505. The Kier molecular flexibility index (Phi) is 3.29. The third-order valence-corrected chi connectivity index (χ3v) is 1.91. The topological polar surface area (TPSA) is 125 Å². The van der Waals surface area contributed by atoms with Gasteiger partial charge >= 0.3 is 0 Å². The third-order valence-electron chi connectivity index (χ3n) is 1.91. The standard InChI is InChI=1S/C7H9N3O5/c1-4-6(8-11)2-5(9(12)13)3-7(4)10(14)15/h2-3,8,12,14-15H,1H3/q-2. The zero-order valence-corrected chi connectivity index (χ0v) is 7.71. The van der Waals surface area contributed by atoms with Gasteiger partial charge in [-0.25, -0.2) is 0 Å². The van der Waals surface area contributed by atoms with Crippen LogP contribution in [0.5, 0.6) is 0 Å². The van der Waals surface area contributed by atoms with Crippen molar-refractivity contribution >= 4 is 17.1 Å². The molecule has 0 heterocycles. The van der Waals surface area contributed by atoms with Crippen LogP contribution < -0.4 is 15.9 Å². The molecule has 0 aliphatic rings. The minimum Gasteiger partial charge on any atom is -0.761 e. The summed E-state index contributed by atoms with van der Waals surface area (Å²) in [7, 11) is 0. The summed E-state index contributed by atoms with van der Waals surface area (Å²) in [5.74, 6) is 0. The molecule has 0 fully saturated rings. The van der Waals surface area contributed by atoms with Crippen LogP contribution in [0.4, 0.5) is 17.1 Å². The van der Waals surface area contributed by atoms with Crippen molar-refractivity contribution in [3.05, 3.63) is 28.1 Å². The lowest BCUT2D eigenvalue weighted by atomic mass is 10.1. The maximum Gasteiger partial charge on any atom is 0.101 e. The SMILES string of the molecule is Cc1c(N[O-])cc(N([O-])O)cc1N(O)O. The molecule has 0 bridgehead atoms. The van der Waals surface area contributed by atoms with Crippen LogP contribution in [0, 0.1) is 17.3 Å². The van der Waals surface area contributed by atoms with Gasteiger partial charge in [-0.05, 0) is 24.6 Å². The highest BCUT2D eigenvalue weighted by atomic mass is 16.8. The van der Waals surface area contributed by atoms with Gasteiger partial charge in [0.2, 0.25) is 0 Å². The first-order chi connectivity index (χ1) is 6.97. The van der Waals surface area contributed by atoms with Crippen molar-refractivity contribution in [1.29, 1.82) is 0 Å².